The third-order valence-electron chi connectivity index (χ3n) is 6.92. The van der Waals surface area contributed by atoms with Gasteiger partial charge in [-0.25, -0.2) is 0 Å². The third-order valence-corrected chi connectivity index (χ3v) is 6.92. The standard InChI is InChI=1S/C31H29NO5/c1-6-13-36-24-12-11-22(16-26(24)35-5)28-27-29(33)23-14-19(3)20(4)15-25(23)37-30(27)31(34)32(28)17-21-9-7-18(2)8-10-21/h6-12,14-16,28H,1,13,17H2,2-5H3. The molecule has 0 fully saturated rings. The Balaban J connectivity index is 1.71. The quantitative estimate of drug-likeness (QED) is 0.293. The Hall–Kier alpha value is -4.32. The zero-order chi connectivity index (χ0) is 26.3. The molecule has 188 valence electrons. The average molecular weight is 496 g/mol. The molecule has 0 radical (unpaired) electrons. The van der Waals surface area contributed by atoms with Gasteiger partial charge in [0.25, 0.3) is 5.91 Å². The Morgan fingerprint density at radius 2 is 1.70 bits per heavy atom. The van der Waals surface area contributed by atoms with Crippen molar-refractivity contribution in [1.82, 2.24) is 4.90 Å². The average Bonchev–Trinajstić information content (AvgIpc) is 3.16. The van der Waals surface area contributed by atoms with E-state index >= 15 is 0 Å². The number of benzene rings is 3. The van der Waals surface area contributed by atoms with Gasteiger partial charge < -0.3 is 18.8 Å². The number of fused-ring (bicyclic) bond motifs is 2. The summed E-state index contributed by atoms with van der Waals surface area (Å²) < 4.78 is 17.5. The van der Waals surface area contributed by atoms with E-state index in [1.807, 2.05) is 69.3 Å². The molecule has 4 aromatic rings. The van der Waals surface area contributed by atoms with Crippen molar-refractivity contribution in [2.24, 2.45) is 0 Å². The summed E-state index contributed by atoms with van der Waals surface area (Å²) >= 11 is 0. The minimum absolute atomic E-state index is 0.0869. The van der Waals surface area contributed by atoms with Crippen molar-refractivity contribution < 1.29 is 18.7 Å². The zero-order valence-electron chi connectivity index (χ0n) is 21.5. The van der Waals surface area contributed by atoms with Crippen molar-refractivity contribution >= 4 is 16.9 Å². The molecular formula is C31H29NO5. The molecule has 37 heavy (non-hydrogen) atoms. The SMILES string of the molecule is C=CCOc1ccc(C2c3c(oc4cc(C)c(C)cc4c3=O)C(=O)N2Cc2ccc(C)cc2)cc1OC. The highest BCUT2D eigenvalue weighted by Crippen LogP contribution is 2.42. The van der Waals surface area contributed by atoms with E-state index in [2.05, 4.69) is 6.58 Å². The summed E-state index contributed by atoms with van der Waals surface area (Å²) in [6.07, 6.45) is 1.66. The number of carbonyl (C=O) groups excluding carboxylic acids is 1. The van der Waals surface area contributed by atoms with Gasteiger partial charge in [0.1, 0.15) is 12.2 Å². The summed E-state index contributed by atoms with van der Waals surface area (Å²) in [5.74, 6) is 0.831. The molecule has 1 unspecified atom stereocenters. The first-order valence-corrected chi connectivity index (χ1v) is 12.2. The highest BCUT2D eigenvalue weighted by Gasteiger charge is 2.43. The molecule has 1 amide bonds. The molecule has 1 aliphatic heterocycles. The van der Waals surface area contributed by atoms with Crippen molar-refractivity contribution in [3.05, 3.63) is 117 Å². The summed E-state index contributed by atoms with van der Waals surface area (Å²) in [6, 6.07) is 16.5. The van der Waals surface area contributed by atoms with E-state index in [1.165, 1.54) is 0 Å². The topological polar surface area (TPSA) is 69.0 Å². The lowest BCUT2D eigenvalue weighted by molar-refractivity contribution is 0.0714. The van der Waals surface area contributed by atoms with Gasteiger partial charge in [0.05, 0.1) is 24.1 Å². The fourth-order valence-corrected chi connectivity index (χ4v) is 4.80. The van der Waals surface area contributed by atoms with Gasteiger partial charge in [-0.05, 0) is 67.3 Å². The summed E-state index contributed by atoms with van der Waals surface area (Å²) in [5.41, 5.74) is 5.36. The number of rotatable bonds is 7. The number of methoxy groups -OCH3 is 1. The predicted octanol–water partition coefficient (Wildman–Crippen LogP) is 6.04. The van der Waals surface area contributed by atoms with Crippen LogP contribution in [0.25, 0.3) is 11.0 Å². The van der Waals surface area contributed by atoms with Crippen molar-refractivity contribution in [2.75, 3.05) is 13.7 Å². The fourth-order valence-electron chi connectivity index (χ4n) is 4.80. The van der Waals surface area contributed by atoms with Gasteiger partial charge in [-0.15, -0.1) is 0 Å². The second-order valence-electron chi connectivity index (χ2n) is 9.44. The highest BCUT2D eigenvalue weighted by atomic mass is 16.5. The molecule has 0 saturated carbocycles. The van der Waals surface area contributed by atoms with Gasteiger partial charge in [0.15, 0.2) is 16.9 Å². The summed E-state index contributed by atoms with van der Waals surface area (Å²) in [6.45, 7) is 10.3. The molecule has 0 spiro atoms. The van der Waals surface area contributed by atoms with E-state index < -0.39 is 6.04 Å². The number of ether oxygens (including phenoxy) is 2. The fraction of sp³-hybridized carbons (Fsp3) is 0.226. The van der Waals surface area contributed by atoms with E-state index in [9.17, 15) is 9.59 Å². The monoisotopic (exact) mass is 495 g/mol. The zero-order valence-corrected chi connectivity index (χ0v) is 21.5. The Bertz CT molecular complexity index is 1580. The number of hydrogen-bond acceptors (Lipinski definition) is 5. The smallest absolute Gasteiger partial charge is 0.291 e. The molecule has 1 aliphatic rings. The molecule has 0 aliphatic carbocycles. The van der Waals surface area contributed by atoms with Gasteiger partial charge in [0.2, 0.25) is 5.76 Å². The first kappa shape index (κ1) is 24.4. The van der Waals surface area contributed by atoms with Crippen LogP contribution < -0.4 is 14.9 Å². The minimum Gasteiger partial charge on any atom is -0.493 e. The van der Waals surface area contributed by atoms with Gasteiger partial charge in [-0.2, -0.15) is 0 Å². The van der Waals surface area contributed by atoms with Crippen molar-refractivity contribution in [3.8, 4) is 11.5 Å². The minimum atomic E-state index is -0.645. The van der Waals surface area contributed by atoms with E-state index in [-0.39, 0.29) is 17.1 Å². The van der Waals surface area contributed by atoms with E-state index in [4.69, 9.17) is 13.9 Å². The lowest BCUT2D eigenvalue weighted by Crippen LogP contribution is -2.29. The molecule has 0 bridgehead atoms. The first-order chi connectivity index (χ1) is 17.8. The lowest BCUT2D eigenvalue weighted by atomic mass is 9.97. The number of hydrogen-bond donors (Lipinski definition) is 0. The summed E-state index contributed by atoms with van der Waals surface area (Å²) in [7, 11) is 1.56. The van der Waals surface area contributed by atoms with Crippen LogP contribution in [0.3, 0.4) is 0 Å². The predicted molar refractivity (Wildman–Crippen MR) is 144 cm³/mol. The molecule has 1 aromatic heterocycles. The largest absolute Gasteiger partial charge is 0.493 e. The second-order valence-corrected chi connectivity index (χ2v) is 9.44. The van der Waals surface area contributed by atoms with Crippen LogP contribution in [0.4, 0.5) is 0 Å². The number of carbonyl (C=O) groups is 1. The Labute approximate surface area is 215 Å². The van der Waals surface area contributed by atoms with Crippen molar-refractivity contribution in [3.63, 3.8) is 0 Å². The molecule has 6 nitrogen and oxygen atoms in total. The van der Waals surface area contributed by atoms with Crippen LogP contribution in [0, 0.1) is 20.8 Å². The normalized spacial score (nSPS) is 14.6. The summed E-state index contributed by atoms with van der Waals surface area (Å²) in [4.78, 5) is 29.4. The van der Waals surface area contributed by atoms with E-state index in [0.29, 0.717) is 41.2 Å². The van der Waals surface area contributed by atoms with Crippen LogP contribution >= 0.6 is 0 Å². The molecular weight excluding hydrogens is 466 g/mol. The van der Waals surface area contributed by atoms with Gasteiger partial charge in [-0.3, -0.25) is 9.59 Å². The summed E-state index contributed by atoms with van der Waals surface area (Å²) in [5, 5.41) is 0.467. The van der Waals surface area contributed by atoms with Crippen LogP contribution in [0.5, 0.6) is 11.5 Å². The van der Waals surface area contributed by atoms with Gasteiger partial charge in [-0.1, -0.05) is 48.6 Å². The maximum atomic E-state index is 13.9. The lowest BCUT2D eigenvalue weighted by Gasteiger charge is -2.26. The third kappa shape index (κ3) is 4.29. The van der Waals surface area contributed by atoms with Crippen LogP contribution in [-0.2, 0) is 6.54 Å². The van der Waals surface area contributed by atoms with Crippen LogP contribution in [0.15, 0.2) is 76.5 Å². The molecule has 1 atom stereocenters. The first-order valence-electron chi connectivity index (χ1n) is 12.2. The van der Waals surface area contributed by atoms with E-state index in [0.717, 1.165) is 27.8 Å². The van der Waals surface area contributed by atoms with Gasteiger partial charge in [0, 0.05) is 6.54 Å². The molecule has 0 N–H and O–H groups in total. The van der Waals surface area contributed by atoms with Crippen LogP contribution in [0.1, 0.15) is 50.0 Å². The molecule has 6 heteroatoms. The van der Waals surface area contributed by atoms with Crippen molar-refractivity contribution in [1.29, 1.82) is 0 Å². The molecule has 0 saturated heterocycles. The Morgan fingerprint density at radius 3 is 2.41 bits per heavy atom. The van der Waals surface area contributed by atoms with E-state index in [1.54, 1.807) is 24.2 Å². The van der Waals surface area contributed by atoms with Crippen LogP contribution in [0.2, 0.25) is 0 Å². The Kier molecular flexibility index (Phi) is 6.34. The number of nitrogens with zero attached hydrogens (tertiary/aromatic N) is 1. The number of amides is 1. The van der Waals surface area contributed by atoms with Crippen LogP contribution in [-0.4, -0.2) is 24.5 Å². The van der Waals surface area contributed by atoms with Gasteiger partial charge >= 0.3 is 0 Å². The maximum Gasteiger partial charge on any atom is 0.291 e. The second kappa shape index (κ2) is 9.62. The number of aryl methyl sites for hydroxylation is 3. The Morgan fingerprint density at radius 1 is 0.973 bits per heavy atom. The molecule has 3 aromatic carbocycles. The molecule has 5 rings (SSSR count). The maximum absolute atomic E-state index is 13.9. The van der Waals surface area contributed by atoms with Crippen molar-refractivity contribution in [2.45, 2.75) is 33.4 Å². The highest BCUT2D eigenvalue weighted by molar-refractivity contribution is 5.99. The molecule has 2 heterocycles.